The summed E-state index contributed by atoms with van der Waals surface area (Å²) in [6.45, 7) is 0.672. The molecule has 3 aliphatic heterocycles. The number of nitrogens with one attached hydrogen (secondary N) is 1. The van der Waals surface area contributed by atoms with E-state index in [9.17, 15) is 9.59 Å². The maximum atomic E-state index is 13.3. The number of ether oxygens (including phenoxy) is 2. The van der Waals surface area contributed by atoms with Crippen molar-refractivity contribution in [2.45, 2.75) is 18.2 Å². The Labute approximate surface area is 161 Å². The van der Waals surface area contributed by atoms with Gasteiger partial charge < -0.3 is 24.1 Å². The van der Waals surface area contributed by atoms with Crippen LogP contribution in [0.15, 0.2) is 59.2 Å². The standard InChI is InChI=1S/C21H20N2O5/c1-26-14-5-2-4-13(10-14)23-12-21-8-7-16(28-21)17(18(21)20(23)25)19(24)22-11-15-6-3-9-27-15/h2-10,16-18H,11-12H2,1H3,(H,22,24)/t16-,17-,18-,21-/m1/s1. The minimum absolute atomic E-state index is 0.0988. The fraction of sp³-hybridized carbons (Fsp3) is 0.333. The lowest BCUT2D eigenvalue weighted by Crippen LogP contribution is -2.43. The molecule has 5 rings (SSSR count). The van der Waals surface area contributed by atoms with Crippen molar-refractivity contribution in [3.63, 3.8) is 0 Å². The molecule has 2 fully saturated rings. The van der Waals surface area contributed by atoms with Crippen molar-refractivity contribution in [2.24, 2.45) is 11.8 Å². The van der Waals surface area contributed by atoms with Crippen LogP contribution in [0.2, 0.25) is 0 Å². The highest BCUT2D eigenvalue weighted by molar-refractivity contribution is 6.03. The lowest BCUT2D eigenvalue weighted by Gasteiger charge is -2.23. The number of furan rings is 1. The van der Waals surface area contributed by atoms with Crippen LogP contribution in [0.1, 0.15) is 5.76 Å². The fourth-order valence-electron chi connectivity index (χ4n) is 4.50. The SMILES string of the molecule is COc1cccc(N2C[C@@]34C=C[C@@H](O3)[C@@H](C(=O)NCc3ccco3)[C@@H]4C2=O)c1. The predicted octanol–water partition coefficient (Wildman–Crippen LogP) is 1.89. The number of anilines is 1. The molecular formula is C21H20N2O5. The van der Waals surface area contributed by atoms with Crippen molar-refractivity contribution in [3.05, 3.63) is 60.6 Å². The Balaban J connectivity index is 1.40. The number of rotatable bonds is 5. The number of hydrogen-bond donors (Lipinski definition) is 1. The Kier molecular flexibility index (Phi) is 3.80. The monoisotopic (exact) mass is 380 g/mol. The molecule has 2 saturated heterocycles. The summed E-state index contributed by atoms with van der Waals surface area (Å²) in [5, 5.41) is 2.88. The zero-order chi connectivity index (χ0) is 19.3. The van der Waals surface area contributed by atoms with E-state index in [-0.39, 0.29) is 24.5 Å². The van der Waals surface area contributed by atoms with Gasteiger partial charge in [0.05, 0.1) is 44.4 Å². The number of benzene rings is 1. The van der Waals surface area contributed by atoms with Gasteiger partial charge in [-0.1, -0.05) is 18.2 Å². The van der Waals surface area contributed by atoms with Gasteiger partial charge in [0.2, 0.25) is 11.8 Å². The molecule has 2 bridgehead atoms. The quantitative estimate of drug-likeness (QED) is 0.802. The Morgan fingerprint density at radius 1 is 1.36 bits per heavy atom. The molecule has 0 radical (unpaired) electrons. The number of fused-ring (bicyclic) bond motifs is 1. The smallest absolute Gasteiger partial charge is 0.234 e. The normalized spacial score (nSPS) is 30.0. The Hall–Kier alpha value is -3.06. The number of methoxy groups -OCH3 is 1. The fourth-order valence-corrected chi connectivity index (χ4v) is 4.50. The van der Waals surface area contributed by atoms with Crippen molar-refractivity contribution in [3.8, 4) is 5.75 Å². The second kappa shape index (κ2) is 6.24. The maximum Gasteiger partial charge on any atom is 0.234 e. The van der Waals surface area contributed by atoms with Crippen molar-refractivity contribution in [1.29, 1.82) is 0 Å². The van der Waals surface area contributed by atoms with Crippen molar-refractivity contribution >= 4 is 17.5 Å². The largest absolute Gasteiger partial charge is 0.497 e. The van der Waals surface area contributed by atoms with Gasteiger partial charge in [0.25, 0.3) is 0 Å². The van der Waals surface area contributed by atoms with Gasteiger partial charge >= 0.3 is 0 Å². The van der Waals surface area contributed by atoms with Gasteiger partial charge in [-0.2, -0.15) is 0 Å². The first-order valence-corrected chi connectivity index (χ1v) is 9.24. The van der Waals surface area contributed by atoms with Crippen molar-refractivity contribution in [2.75, 3.05) is 18.6 Å². The summed E-state index contributed by atoms with van der Waals surface area (Å²) in [6, 6.07) is 10.9. The van der Waals surface area contributed by atoms with Gasteiger partial charge in [0.15, 0.2) is 0 Å². The average Bonchev–Trinajstić information content (AvgIpc) is 3.48. The van der Waals surface area contributed by atoms with E-state index in [0.29, 0.717) is 18.1 Å². The second-order valence-corrected chi connectivity index (χ2v) is 7.32. The molecule has 4 heterocycles. The summed E-state index contributed by atoms with van der Waals surface area (Å²) in [7, 11) is 1.59. The van der Waals surface area contributed by atoms with Crippen molar-refractivity contribution < 1.29 is 23.5 Å². The van der Waals surface area contributed by atoms with Crippen LogP contribution in [-0.2, 0) is 20.9 Å². The molecule has 0 unspecified atom stereocenters. The average molecular weight is 380 g/mol. The molecule has 2 aromatic rings. The molecule has 0 aliphatic carbocycles. The number of nitrogens with zero attached hydrogens (tertiary/aromatic N) is 1. The van der Waals surface area contributed by atoms with Crippen LogP contribution in [0, 0.1) is 11.8 Å². The summed E-state index contributed by atoms with van der Waals surface area (Å²) in [5.41, 5.74) is -0.0133. The third kappa shape index (κ3) is 2.46. The highest BCUT2D eigenvalue weighted by Crippen LogP contribution is 2.52. The summed E-state index contributed by atoms with van der Waals surface area (Å²) < 4.78 is 16.7. The first kappa shape index (κ1) is 17.1. The van der Waals surface area contributed by atoms with E-state index in [1.807, 2.05) is 36.4 Å². The van der Waals surface area contributed by atoms with E-state index in [1.54, 1.807) is 30.4 Å². The molecule has 1 N–H and O–H groups in total. The minimum atomic E-state index is -0.752. The summed E-state index contributed by atoms with van der Waals surface area (Å²) in [4.78, 5) is 27.9. The zero-order valence-corrected chi connectivity index (χ0v) is 15.3. The third-order valence-electron chi connectivity index (χ3n) is 5.79. The number of carbonyl (C=O) groups is 2. The Morgan fingerprint density at radius 2 is 2.25 bits per heavy atom. The van der Waals surface area contributed by atoms with Gasteiger partial charge in [-0.25, -0.2) is 0 Å². The van der Waals surface area contributed by atoms with Crippen LogP contribution in [0.3, 0.4) is 0 Å². The number of carbonyl (C=O) groups excluding carboxylic acids is 2. The molecule has 1 aromatic heterocycles. The van der Waals surface area contributed by atoms with E-state index in [2.05, 4.69) is 5.32 Å². The van der Waals surface area contributed by atoms with Crippen LogP contribution in [-0.4, -0.2) is 37.2 Å². The number of amides is 2. The Bertz CT molecular complexity index is 953. The van der Waals surface area contributed by atoms with E-state index < -0.39 is 17.4 Å². The van der Waals surface area contributed by atoms with Crippen LogP contribution in [0.4, 0.5) is 5.69 Å². The number of hydrogen-bond acceptors (Lipinski definition) is 5. The van der Waals surface area contributed by atoms with Crippen molar-refractivity contribution in [1.82, 2.24) is 5.32 Å². The van der Waals surface area contributed by atoms with Gasteiger partial charge in [0, 0.05) is 11.8 Å². The molecular weight excluding hydrogens is 360 g/mol. The lowest BCUT2D eigenvalue weighted by molar-refractivity contribution is -0.132. The van der Waals surface area contributed by atoms with E-state index in [4.69, 9.17) is 13.9 Å². The third-order valence-corrected chi connectivity index (χ3v) is 5.79. The molecule has 3 aliphatic rings. The first-order chi connectivity index (χ1) is 13.6. The lowest BCUT2D eigenvalue weighted by atomic mass is 9.77. The van der Waals surface area contributed by atoms with E-state index in [1.165, 1.54) is 0 Å². The molecule has 144 valence electrons. The van der Waals surface area contributed by atoms with Gasteiger partial charge in [-0.3, -0.25) is 9.59 Å². The predicted molar refractivity (Wildman–Crippen MR) is 99.6 cm³/mol. The van der Waals surface area contributed by atoms with Gasteiger partial charge in [-0.05, 0) is 24.3 Å². The Morgan fingerprint density at radius 3 is 3.04 bits per heavy atom. The molecule has 7 heteroatoms. The highest BCUT2D eigenvalue weighted by atomic mass is 16.5. The highest BCUT2D eigenvalue weighted by Gasteiger charge is 2.67. The second-order valence-electron chi connectivity index (χ2n) is 7.32. The van der Waals surface area contributed by atoms with Crippen LogP contribution < -0.4 is 15.0 Å². The van der Waals surface area contributed by atoms with E-state index in [0.717, 1.165) is 5.69 Å². The summed E-state index contributed by atoms with van der Waals surface area (Å²) >= 11 is 0. The van der Waals surface area contributed by atoms with Crippen LogP contribution >= 0.6 is 0 Å². The van der Waals surface area contributed by atoms with Gasteiger partial charge in [0.1, 0.15) is 17.1 Å². The molecule has 1 aromatic carbocycles. The molecule has 1 spiro atoms. The van der Waals surface area contributed by atoms with Crippen LogP contribution in [0.25, 0.3) is 0 Å². The molecule has 28 heavy (non-hydrogen) atoms. The summed E-state index contributed by atoms with van der Waals surface area (Å²) in [6.07, 6.45) is 5.03. The first-order valence-electron chi connectivity index (χ1n) is 9.24. The van der Waals surface area contributed by atoms with E-state index >= 15 is 0 Å². The minimum Gasteiger partial charge on any atom is -0.497 e. The molecule has 0 saturated carbocycles. The topological polar surface area (TPSA) is 81.0 Å². The summed E-state index contributed by atoms with van der Waals surface area (Å²) in [5.74, 6) is -0.0446. The van der Waals surface area contributed by atoms with Gasteiger partial charge in [-0.15, -0.1) is 0 Å². The molecule has 7 nitrogen and oxygen atoms in total. The molecule has 2 amide bonds. The molecule has 4 atom stereocenters. The zero-order valence-electron chi connectivity index (χ0n) is 15.3. The van der Waals surface area contributed by atoms with Crippen LogP contribution in [0.5, 0.6) is 5.75 Å². The maximum absolute atomic E-state index is 13.3.